The van der Waals surface area contributed by atoms with Gasteiger partial charge in [-0.2, -0.15) is 5.26 Å². The molecular weight excluding hydrogens is 199 g/mol. The minimum Gasteiger partial charge on any atom is -0.274 e. The average Bonchev–Trinajstić information content (AvgIpc) is 2.04. The lowest BCUT2D eigenvalue weighted by Gasteiger charge is -1.95. The van der Waals surface area contributed by atoms with Crippen LogP contribution in [-0.4, -0.2) is 10.2 Å². The number of hydrogen-bond donors (Lipinski definition) is 0. The van der Waals surface area contributed by atoms with Gasteiger partial charge in [0.2, 0.25) is 0 Å². The van der Waals surface area contributed by atoms with E-state index in [0.29, 0.717) is 0 Å². The first-order valence-electron chi connectivity index (χ1n) is 2.91. The third-order valence-electron chi connectivity index (χ3n) is 1.17. The summed E-state index contributed by atoms with van der Waals surface area (Å²) in [5.74, 6) is 0. The number of carbonyl (C=O) groups excluding carboxylic acids is 1. The van der Waals surface area contributed by atoms with E-state index < -0.39 is 5.24 Å². The summed E-state index contributed by atoms with van der Waals surface area (Å²) in [5, 5.41) is 7.87. The van der Waals surface area contributed by atoms with E-state index in [1.165, 1.54) is 12.1 Å². The van der Waals surface area contributed by atoms with Gasteiger partial charge < -0.3 is 0 Å². The standard InChI is InChI=1S/C7H2Cl2N2O/c8-5-2-1-4(3-10)6(11-5)7(9)12/h1-2H. The van der Waals surface area contributed by atoms with Gasteiger partial charge in [-0.05, 0) is 23.7 Å². The Morgan fingerprint density at radius 2 is 2.25 bits per heavy atom. The highest BCUT2D eigenvalue weighted by Gasteiger charge is 2.10. The van der Waals surface area contributed by atoms with Gasteiger partial charge in [0.15, 0.2) is 0 Å². The zero-order valence-corrected chi connectivity index (χ0v) is 7.23. The van der Waals surface area contributed by atoms with Crippen molar-refractivity contribution >= 4 is 28.4 Å². The minimum absolute atomic E-state index is 0.105. The number of carbonyl (C=O) groups is 1. The molecule has 1 rings (SSSR count). The van der Waals surface area contributed by atoms with E-state index in [9.17, 15) is 4.79 Å². The Hall–Kier alpha value is -1.11. The van der Waals surface area contributed by atoms with E-state index in [2.05, 4.69) is 4.98 Å². The molecule has 0 saturated carbocycles. The molecule has 0 aromatic carbocycles. The molecule has 5 heteroatoms. The van der Waals surface area contributed by atoms with Crippen molar-refractivity contribution in [2.75, 3.05) is 0 Å². The molecule has 0 aliphatic carbocycles. The maximum Gasteiger partial charge on any atom is 0.272 e. The molecule has 0 amide bonds. The molecule has 0 N–H and O–H groups in total. The molecule has 1 heterocycles. The Labute approximate surface area is 78.5 Å². The molecule has 0 atom stereocenters. The van der Waals surface area contributed by atoms with Crippen LogP contribution in [0.25, 0.3) is 0 Å². The van der Waals surface area contributed by atoms with E-state index in [1.807, 2.05) is 0 Å². The molecule has 0 aliphatic rings. The molecule has 0 aliphatic heterocycles. The quantitative estimate of drug-likeness (QED) is 0.515. The lowest BCUT2D eigenvalue weighted by Crippen LogP contribution is -1.98. The van der Waals surface area contributed by atoms with Crippen molar-refractivity contribution in [3.05, 3.63) is 28.5 Å². The second-order valence-electron chi connectivity index (χ2n) is 1.92. The van der Waals surface area contributed by atoms with Gasteiger partial charge in [-0.1, -0.05) is 11.6 Å². The minimum atomic E-state index is -0.783. The number of aromatic nitrogens is 1. The Balaban J connectivity index is 3.34. The van der Waals surface area contributed by atoms with Gasteiger partial charge in [-0.3, -0.25) is 4.79 Å². The summed E-state index contributed by atoms with van der Waals surface area (Å²) in [6.07, 6.45) is 0. The van der Waals surface area contributed by atoms with E-state index in [0.717, 1.165) is 0 Å². The first-order valence-corrected chi connectivity index (χ1v) is 3.67. The molecule has 0 saturated heterocycles. The van der Waals surface area contributed by atoms with Crippen LogP contribution >= 0.6 is 23.2 Å². The summed E-state index contributed by atoms with van der Waals surface area (Å²) in [6, 6.07) is 4.59. The second-order valence-corrected chi connectivity index (χ2v) is 2.65. The molecule has 0 bridgehead atoms. The Morgan fingerprint density at radius 1 is 1.58 bits per heavy atom. The summed E-state index contributed by atoms with van der Waals surface area (Å²) >= 11 is 10.6. The Kier molecular flexibility index (Phi) is 2.64. The monoisotopic (exact) mass is 200 g/mol. The summed E-state index contributed by atoms with van der Waals surface area (Å²) in [4.78, 5) is 14.3. The van der Waals surface area contributed by atoms with Gasteiger partial charge in [-0.25, -0.2) is 4.98 Å². The molecular formula is C7H2Cl2N2O. The number of rotatable bonds is 1. The number of halogens is 2. The fourth-order valence-corrected chi connectivity index (χ4v) is 0.967. The molecule has 0 spiro atoms. The van der Waals surface area contributed by atoms with Gasteiger partial charge in [0.05, 0.1) is 5.56 Å². The van der Waals surface area contributed by atoms with Crippen LogP contribution in [0.4, 0.5) is 0 Å². The van der Waals surface area contributed by atoms with Crippen molar-refractivity contribution in [1.82, 2.24) is 4.98 Å². The van der Waals surface area contributed by atoms with E-state index in [1.54, 1.807) is 6.07 Å². The lowest BCUT2D eigenvalue weighted by atomic mass is 10.2. The van der Waals surface area contributed by atoms with Crippen LogP contribution in [0.5, 0.6) is 0 Å². The van der Waals surface area contributed by atoms with Crippen molar-refractivity contribution < 1.29 is 4.79 Å². The third kappa shape index (κ3) is 1.73. The molecule has 0 radical (unpaired) electrons. The van der Waals surface area contributed by atoms with Crippen LogP contribution in [0, 0.1) is 11.3 Å². The zero-order valence-electron chi connectivity index (χ0n) is 5.71. The normalized spacial score (nSPS) is 9.08. The number of hydrogen-bond acceptors (Lipinski definition) is 3. The highest BCUT2D eigenvalue weighted by Crippen LogP contribution is 2.12. The fraction of sp³-hybridized carbons (Fsp3) is 0. The van der Waals surface area contributed by atoms with Gasteiger partial charge >= 0.3 is 0 Å². The Morgan fingerprint density at radius 3 is 2.75 bits per heavy atom. The van der Waals surface area contributed by atoms with Crippen molar-refractivity contribution in [2.24, 2.45) is 0 Å². The lowest BCUT2D eigenvalue weighted by molar-refractivity contribution is 0.107. The fourth-order valence-electron chi connectivity index (χ4n) is 0.675. The van der Waals surface area contributed by atoms with E-state index in [4.69, 9.17) is 28.5 Å². The maximum absolute atomic E-state index is 10.7. The summed E-state index contributed by atoms with van der Waals surface area (Å²) in [7, 11) is 0. The predicted octanol–water partition coefficient (Wildman–Crippen LogP) is 1.99. The largest absolute Gasteiger partial charge is 0.274 e. The van der Waals surface area contributed by atoms with Crippen molar-refractivity contribution in [3.8, 4) is 6.07 Å². The first-order chi connectivity index (χ1) is 5.65. The molecule has 1 aromatic rings. The average molecular weight is 201 g/mol. The van der Waals surface area contributed by atoms with E-state index in [-0.39, 0.29) is 16.4 Å². The van der Waals surface area contributed by atoms with Crippen LogP contribution in [-0.2, 0) is 0 Å². The summed E-state index contributed by atoms with van der Waals surface area (Å²) in [5.41, 5.74) is 0.0195. The van der Waals surface area contributed by atoms with Gasteiger partial charge in [-0.15, -0.1) is 0 Å². The topological polar surface area (TPSA) is 53.8 Å². The van der Waals surface area contributed by atoms with E-state index >= 15 is 0 Å². The SMILES string of the molecule is N#Cc1ccc(Cl)nc1C(=O)Cl. The number of nitrogens with zero attached hydrogens (tertiary/aromatic N) is 2. The molecule has 0 unspecified atom stereocenters. The molecule has 12 heavy (non-hydrogen) atoms. The smallest absolute Gasteiger partial charge is 0.272 e. The zero-order chi connectivity index (χ0) is 9.14. The van der Waals surface area contributed by atoms with Crippen LogP contribution in [0.1, 0.15) is 16.1 Å². The molecule has 1 aromatic heterocycles. The molecule has 60 valence electrons. The van der Waals surface area contributed by atoms with Gasteiger partial charge in [0, 0.05) is 0 Å². The third-order valence-corrected chi connectivity index (χ3v) is 1.56. The highest BCUT2D eigenvalue weighted by molar-refractivity contribution is 6.67. The number of nitriles is 1. The van der Waals surface area contributed by atoms with Crippen LogP contribution in [0.3, 0.4) is 0 Å². The maximum atomic E-state index is 10.7. The highest BCUT2D eigenvalue weighted by atomic mass is 35.5. The predicted molar refractivity (Wildman–Crippen MR) is 44.1 cm³/mol. The second kappa shape index (κ2) is 3.53. The van der Waals surface area contributed by atoms with Crippen molar-refractivity contribution in [2.45, 2.75) is 0 Å². The van der Waals surface area contributed by atoms with Crippen molar-refractivity contribution in [1.29, 1.82) is 5.26 Å². The van der Waals surface area contributed by atoms with Crippen LogP contribution < -0.4 is 0 Å². The Bertz CT molecular complexity index is 370. The molecule has 3 nitrogen and oxygen atoms in total. The van der Waals surface area contributed by atoms with Crippen molar-refractivity contribution in [3.63, 3.8) is 0 Å². The summed E-state index contributed by atoms with van der Waals surface area (Å²) < 4.78 is 0. The molecule has 0 fully saturated rings. The van der Waals surface area contributed by atoms with Gasteiger partial charge in [0.1, 0.15) is 16.9 Å². The van der Waals surface area contributed by atoms with Crippen LogP contribution in [0.2, 0.25) is 5.15 Å². The first kappa shape index (κ1) is 8.98. The summed E-state index contributed by atoms with van der Waals surface area (Å²) in [6.45, 7) is 0. The van der Waals surface area contributed by atoms with Crippen LogP contribution in [0.15, 0.2) is 12.1 Å². The van der Waals surface area contributed by atoms with Gasteiger partial charge in [0.25, 0.3) is 5.24 Å². The number of pyridine rings is 1.